The van der Waals surface area contributed by atoms with Crippen molar-refractivity contribution in [3.63, 3.8) is 0 Å². The van der Waals surface area contributed by atoms with E-state index in [-0.39, 0.29) is 0 Å². The Kier molecular flexibility index (Phi) is 2.47. The van der Waals surface area contributed by atoms with Gasteiger partial charge in [-0.15, -0.1) is 0 Å². The number of carbonyl (C=O) groups excluding carboxylic acids is 1. The number of carbonyl (C=O) groups is 2. The molecule has 6 nitrogen and oxygen atoms in total. The molecule has 0 saturated carbocycles. The molecule has 0 aromatic carbocycles. The summed E-state index contributed by atoms with van der Waals surface area (Å²) in [6.45, 7) is 1.42. The lowest BCUT2D eigenvalue weighted by molar-refractivity contribution is -0.147. The highest BCUT2D eigenvalue weighted by molar-refractivity contribution is 5.98. The molecule has 2 atom stereocenters. The molecule has 0 aliphatic carbocycles. The number of aliphatic carboxylic acids is 1. The number of fused-ring (bicyclic) bond motifs is 1. The molecule has 1 aromatic heterocycles. The Bertz CT molecular complexity index is 446. The summed E-state index contributed by atoms with van der Waals surface area (Å²) in [5.41, 5.74) is 0. The number of anilines is 1. The van der Waals surface area contributed by atoms with Crippen LogP contribution in [0.2, 0.25) is 0 Å². The SMILES string of the molecule is CC(C(=O)O)C1Oc2cccnc2NC1=O. The second-order valence-electron chi connectivity index (χ2n) is 3.50. The van der Waals surface area contributed by atoms with E-state index >= 15 is 0 Å². The number of carboxylic acid groups (broad SMARTS) is 1. The van der Waals surface area contributed by atoms with E-state index in [1.807, 2.05) is 0 Å². The van der Waals surface area contributed by atoms with Crippen molar-refractivity contribution < 1.29 is 19.4 Å². The third kappa shape index (κ3) is 1.69. The number of nitrogens with zero attached hydrogens (tertiary/aromatic N) is 1. The molecular formula is C10H10N2O4. The number of rotatable bonds is 2. The molecule has 2 heterocycles. The van der Waals surface area contributed by atoms with Crippen molar-refractivity contribution in [1.29, 1.82) is 0 Å². The lowest BCUT2D eigenvalue weighted by Crippen LogP contribution is -2.44. The highest BCUT2D eigenvalue weighted by Gasteiger charge is 2.36. The van der Waals surface area contributed by atoms with Crippen LogP contribution in [0.1, 0.15) is 6.92 Å². The van der Waals surface area contributed by atoms with Crippen molar-refractivity contribution in [2.75, 3.05) is 5.32 Å². The van der Waals surface area contributed by atoms with E-state index in [1.165, 1.54) is 13.1 Å². The molecule has 84 valence electrons. The quantitative estimate of drug-likeness (QED) is 0.760. The van der Waals surface area contributed by atoms with Crippen LogP contribution >= 0.6 is 0 Å². The number of aromatic nitrogens is 1. The first-order chi connectivity index (χ1) is 7.59. The first-order valence-electron chi connectivity index (χ1n) is 4.75. The number of nitrogens with one attached hydrogen (secondary N) is 1. The van der Waals surface area contributed by atoms with Gasteiger partial charge in [0.15, 0.2) is 17.7 Å². The summed E-state index contributed by atoms with van der Waals surface area (Å²) in [6.07, 6.45) is 0.498. The van der Waals surface area contributed by atoms with E-state index in [2.05, 4.69) is 10.3 Å². The van der Waals surface area contributed by atoms with Gasteiger partial charge in [0.1, 0.15) is 0 Å². The van der Waals surface area contributed by atoms with Gasteiger partial charge in [0, 0.05) is 6.20 Å². The molecule has 2 rings (SSSR count). The molecule has 2 N–H and O–H groups in total. The Hall–Kier alpha value is -2.11. The van der Waals surface area contributed by atoms with Crippen molar-refractivity contribution >= 4 is 17.7 Å². The van der Waals surface area contributed by atoms with E-state index < -0.39 is 23.9 Å². The largest absolute Gasteiger partial charge is 0.481 e. The van der Waals surface area contributed by atoms with Crippen LogP contribution in [0.4, 0.5) is 5.82 Å². The molecule has 1 amide bonds. The fourth-order valence-corrected chi connectivity index (χ4v) is 1.42. The van der Waals surface area contributed by atoms with E-state index in [4.69, 9.17) is 9.84 Å². The lowest BCUT2D eigenvalue weighted by atomic mass is 10.0. The average molecular weight is 222 g/mol. The molecular weight excluding hydrogens is 212 g/mol. The molecule has 2 unspecified atom stereocenters. The smallest absolute Gasteiger partial charge is 0.310 e. The van der Waals surface area contributed by atoms with Crippen molar-refractivity contribution in [2.45, 2.75) is 13.0 Å². The number of amides is 1. The Morgan fingerprint density at radius 3 is 3.12 bits per heavy atom. The van der Waals surface area contributed by atoms with Crippen molar-refractivity contribution in [3.8, 4) is 5.75 Å². The van der Waals surface area contributed by atoms with Crippen LogP contribution < -0.4 is 10.1 Å². The molecule has 16 heavy (non-hydrogen) atoms. The molecule has 1 aliphatic rings. The summed E-state index contributed by atoms with van der Waals surface area (Å²) in [5, 5.41) is 11.3. The first kappa shape index (κ1) is 10.4. The Morgan fingerprint density at radius 2 is 2.44 bits per heavy atom. The topological polar surface area (TPSA) is 88.5 Å². The molecule has 6 heteroatoms. The summed E-state index contributed by atoms with van der Waals surface area (Å²) < 4.78 is 5.31. The number of pyridine rings is 1. The Balaban J connectivity index is 2.28. The maximum atomic E-state index is 11.6. The molecule has 0 bridgehead atoms. The summed E-state index contributed by atoms with van der Waals surface area (Å²) >= 11 is 0. The van der Waals surface area contributed by atoms with Crippen LogP contribution in [0, 0.1) is 5.92 Å². The molecule has 0 spiro atoms. The molecule has 0 saturated heterocycles. The zero-order chi connectivity index (χ0) is 11.7. The minimum absolute atomic E-state index is 0.321. The fourth-order valence-electron chi connectivity index (χ4n) is 1.42. The van der Waals surface area contributed by atoms with Crippen molar-refractivity contribution in [1.82, 2.24) is 4.98 Å². The monoisotopic (exact) mass is 222 g/mol. The fraction of sp³-hybridized carbons (Fsp3) is 0.300. The van der Waals surface area contributed by atoms with Gasteiger partial charge in [0.25, 0.3) is 5.91 Å². The second kappa shape index (κ2) is 3.80. The van der Waals surface area contributed by atoms with Gasteiger partial charge in [-0.25, -0.2) is 4.98 Å². The van der Waals surface area contributed by atoms with Gasteiger partial charge >= 0.3 is 5.97 Å². The maximum Gasteiger partial charge on any atom is 0.310 e. The molecule has 1 aromatic rings. The standard InChI is InChI=1S/C10H10N2O4/c1-5(10(14)15)7-9(13)12-8-6(16-7)3-2-4-11-8/h2-5,7H,1H3,(H,14,15)(H,11,12,13). The molecule has 1 aliphatic heterocycles. The summed E-state index contributed by atoms with van der Waals surface area (Å²) in [5.74, 6) is -1.76. The van der Waals surface area contributed by atoms with Crippen LogP contribution in [0.15, 0.2) is 18.3 Å². The Labute approximate surface area is 91.3 Å². The van der Waals surface area contributed by atoms with E-state index in [9.17, 15) is 9.59 Å². The lowest BCUT2D eigenvalue weighted by Gasteiger charge is -2.26. The van der Waals surface area contributed by atoms with E-state index in [1.54, 1.807) is 12.1 Å². The average Bonchev–Trinajstić information content (AvgIpc) is 2.27. The minimum atomic E-state index is -1.08. The van der Waals surface area contributed by atoms with E-state index in [0.717, 1.165) is 0 Å². The third-order valence-corrected chi connectivity index (χ3v) is 2.37. The summed E-state index contributed by atoms with van der Waals surface area (Å²) in [6, 6.07) is 3.28. The number of ether oxygens (including phenoxy) is 1. The van der Waals surface area contributed by atoms with Crippen LogP contribution in [0.25, 0.3) is 0 Å². The van der Waals surface area contributed by atoms with Gasteiger partial charge in [0.2, 0.25) is 0 Å². The third-order valence-electron chi connectivity index (χ3n) is 2.37. The number of carboxylic acids is 1. The van der Waals surface area contributed by atoms with Crippen LogP contribution in [0.3, 0.4) is 0 Å². The molecule has 0 fully saturated rings. The van der Waals surface area contributed by atoms with Gasteiger partial charge < -0.3 is 15.2 Å². The van der Waals surface area contributed by atoms with Crippen LogP contribution in [-0.4, -0.2) is 28.1 Å². The van der Waals surface area contributed by atoms with Gasteiger partial charge in [-0.1, -0.05) is 0 Å². The zero-order valence-corrected chi connectivity index (χ0v) is 8.51. The summed E-state index contributed by atoms with van der Waals surface area (Å²) in [4.78, 5) is 26.2. The van der Waals surface area contributed by atoms with Gasteiger partial charge in [-0.2, -0.15) is 0 Å². The van der Waals surface area contributed by atoms with Crippen LogP contribution in [0.5, 0.6) is 5.75 Å². The van der Waals surface area contributed by atoms with Crippen LogP contribution in [-0.2, 0) is 9.59 Å². The Morgan fingerprint density at radius 1 is 1.69 bits per heavy atom. The second-order valence-corrected chi connectivity index (χ2v) is 3.50. The highest BCUT2D eigenvalue weighted by Crippen LogP contribution is 2.28. The highest BCUT2D eigenvalue weighted by atomic mass is 16.5. The molecule has 0 radical (unpaired) electrons. The minimum Gasteiger partial charge on any atom is -0.481 e. The van der Waals surface area contributed by atoms with Crippen molar-refractivity contribution in [2.24, 2.45) is 5.92 Å². The van der Waals surface area contributed by atoms with Crippen molar-refractivity contribution in [3.05, 3.63) is 18.3 Å². The number of hydrogen-bond donors (Lipinski definition) is 2. The number of hydrogen-bond acceptors (Lipinski definition) is 4. The zero-order valence-electron chi connectivity index (χ0n) is 8.51. The predicted octanol–water partition coefficient (Wildman–Crippen LogP) is 0.502. The van der Waals surface area contributed by atoms with Gasteiger partial charge in [-0.05, 0) is 19.1 Å². The van der Waals surface area contributed by atoms with E-state index in [0.29, 0.717) is 11.6 Å². The van der Waals surface area contributed by atoms with Gasteiger partial charge in [-0.3, -0.25) is 9.59 Å². The maximum absolute atomic E-state index is 11.6. The van der Waals surface area contributed by atoms with Gasteiger partial charge in [0.05, 0.1) is 5.92 Å². The normalized spacial score (nSPS) is 20.3. The first-order valence-corrected chi connectivity index (χ1v) is 4.75. The summed E-state index contributed by atoms with van der Waals surface area (Å²) in [7, 11) is 0. The predicted molar refractivity (Wildman–Crippen MR) is 54.1 cm³/mol.